The molecule has 7 heteroatoms. The first-order valence-corrected chi connectivity index (χ1v) is 7.88. The van der Waals surface area contributed by atoms with E-state index in [-0.39, 0.29) is 11.3 Å². The molecule has 0 heterocycles. The SMILES string of the molecule is CS(=O)(=O)Nc1ccc(C(=O)Nc2ccccc2F)cc1. The van der Waals surface area contributed by atoms with Crippen molar-refractivity contribution in [1.82, 2.24) is 0 Å². The highest BCUT2D eigenvalue weighted by atomic mass is 32.2. The maximum atomic E-state index is 13.4. The maximum Gasteiger partial charge on any atom is 0.255 e. The number of halogens is 1. The summed E-state index contributed by atoms with van der Waals surface area (Å²) in [6.45, 7) is 0. The van der Waals surface area contributed by atoms with E-state index < -0.39 is 21.7 Å². The van der Waals surface area contributed by atoms with Crippen molar-refractivity contribution in [1.29, 1.82) is 0 Å². The van der Waals surface area contributed by atoms with Gasteiger partial charge in [0.1, 0.15) is 5.82 Å². The van der Waals surface area contributed by atoms with E-state index in [1.54, 1.807) is 6.07 Å². The Morgan fingerprint density at radius 1 is 1.05 bits per heavy atom. The zero-order valence-corrected chi connectivity index (χ0v) is 11.9. The van der Waals surface area contributed by atoms with Gasteiger partial charge in [0.25, 0.3) is 5.91 Å². The van der Waals surface area contributed by atoms with Crippen LogP contribution in [0.3, 0.4) is 0 Å². The van der Waals surface area contributed by atoms with Gasteiger partial charge in [0.15, 0.2) is 0 Å². The van der Waals surface area contributed by atoms with E-state index in [2.05, 4.69) is 10.0 Å². The first-order chi connectivity index (χ1) is 9.85. The molecule has 110 valence electrons. The van der Waals surface area contributed by atoms with Crippen LogP contribution in [0.4, 0.5) is 15.8 Å². The van der Waals surface area contributed by atoms with Crippen molar-refractivity contribution < 1.29 is 17.6 Å². The van der Waals surface area contributed by atoms with Crippen LogP contribution in [-0.2, 0) is 10.0 Å². The lowest BCUT2D eigenvalue weighted by Crippen LogP contribution is -2.13. The molecule has 2 N–H and O–H groups in total. The third kappa shape index (κ3) is 4.28. The van der Waals surface area contributed by atoms with Crippen LogP contribution in [0.15, 0.2) is 48.5 Å². The Bertz CT molecular complexity index is 758. The minimum absolute atomic E-state index is 0.0841. The Kier molecular flexibility index (Phi) is 4.23. The number of amides is 1. The molecule has 0 atom stereocenters. The van der Waals surface area contributed by atoms with E-state index in [0.717, 1.165) is 6.26 Å². The number of benzene rings is 2. The minimum Gasteiger partial charge on any atom is -0.319 e. The van der Waals surface area contributed by atoms with Gasteiger partial charge in [-0.2, -0.15) is 0 Å². The number of nitrogens with one attached hydrogen (secondary N) is 2. The number of sulfonamides is 1. The van der Waals surface area contributed by atoms with Gasteiger partial charge in [-0.1, -0.05) is 12.1 Å². The van der Waals surface area contributed by atoms with E-state index in [9.17, 15) is 17.6 Å². The third-order valence-electron chi connectivity index (χ3n) is 2.57. The highest BCUT2D eigenvalue weighted by Gasteiger charge is 2.09. The predicted octanol–water partition coefficient (Wildman–Crippen LogP) is 2.45. The van der Waals surface area contributed by atoms with E-state index in [4.69, 9.17) is 0 Å². The number of rotatable bonds is 4. The first-order valence-electron chi connectivity index (χ1n) is 5.99. The van der Waals surface area contributed by atoms with Crippen molar-refractivity contribution in [2.24, 2.45) is 0 Å². The predicted molar refractivity (Wildman–Crippen MR) is 79.3 cm³/mol. The molecule has 0 bridgehead atoms. The van der Waals surface area contributed by atoms with Gasteiger partial charge in [-0.05, 0) is 36.4 Å². The molecule has 0 aliphatic rings. The molecule has 2 aromatic carbocycles. The van der Waals surface area contributed by atoms with E-state index in [0.29, 0.717) is 5.69 Å². The monoisotopic (exact) mass is 308 g/mol. The summed E-state index contributed by atoms with van der Waals surface area (Å²) in [4.78, 5) is 11.9. The molecule has 0 unspecified atom stereocenters. The molecule has 0 radical (unpaired) electrons. The molecule has 5 nitrogen and oxygen atoms in total. The van der Waals surface area contributed by atoms with Gasteiger partial charge in [0.05, 0.1) is 11.9 Å². The third-order valence-corrected chi connectivity index (χ3v) is 3.18. The van der Waals surface area contributed by atoms with E-state index >= 15 is 0 Å². The normalized spacial score (nSPS) is 11.0. The average Bonchev–Trinajstić information content (AvgIpc) is 2.40. The van der Waals surface area contributed by atoms with Crippen molar-refractivity contribution in [3.63, 3.8) is 0 Å². The van der Waals surface area contributed by atoms with Crippen molar-refractivity contribution in [2.45, 2.75) is 0 Å². The lowest BCUT2D eigenvalue weighted by molar-refractivity contribution is 0.102. The van der Waals surface area contributed by atoms with Crippen molar-refractivity contribution in [3.05, 3.63) is 59.9 Å². The zero-order chi connectivity index (χ0) is 15.5. The van der Waals surface area contributed by atoms with E-state index in [1.807, 2.05) is 0 Å². The van der Waals surface area contributed by atoms with E-state index in [1.165, 1.54) is 42.5 Å². The Labute approximate surface area is 121 Å². The number of carbonyl (C=O) groups is 1. The summed E-state index contributed by atoms with van der Waals surface area (Å²) in [7, 11) is -3.36. The van der Waals surface area contributed by atoms with Crippen LogP contribution in [0.25, 0.3) is 0 Å². The number of para-hydroxylation sites is 1. The van der Waals surface area contributed by atoms with Gasteiger partial charge >= 0.3 is 0 Å². The van der Waals surface area contributed by atoms with Crippen molar-refractivity contribution >= 4 is 27.3 Å². The maximum absolute atomic E-state index is 13.4. The minimum atomic E-state index is -3.36. The molecule has 0 aliphatic heterocycles. The fourth-order valence-corrected chi connectivity index (χ4v) is 2.23. The van der Waals surface area contributed by atoms with Gasteiger partial charge in [-0.25, -0.2) is 12.8 Å². The molecule has 1 amide bonds. The van der Waals surface area contributed by atoms with Crippen molar-refractivity contribution in [2.75, 3.05) is 16.3 Å². The van der Waals surface area contributed by atoms with Crippen molar-refractivity contribution in [3.8, 4) is 0 Å². The Hall–Kier alpha value is -2.41. The van der Waals surface area contributed by atoms with Crippen LogP contribution < -0.4 is 10.0 Å². The second-order valence-corrected chi connectivity index (χ2v) is 6.13. The summed E-state index contributed by atoms with van der Waals surface area (Å²) >= 11 is 0. The highest BCUT2D eigenvalue weighted by molar-refractivity contribution is 7.92. The number of hydrogen-bond donors (Lipinski definition) is 2. The molecule has 2 rings (SSSR count). The zero-order valence-electron chi connectivity index (χ0n) is 11.1. The standard InChI is InChI=1S/C14H13FN2O3S/c1-21(19,20)17-11-8-6-10(7-9-11)14(18)16-13-5-3-2-4-12(13)15/h2-9,17H,1H3,(H,16,18). The number of hydrogen-bond acceptors (Lipinski definition) is 3. The van der Waals surface area contributed by atoms with Crippen LogP contribution in [0.1, 0.15) is 10.4 Å². The topological polar surface area (TPSA) is 75.3 Å². The molecular formula is C14H13FN2O3S. The van der Waals surface area contributed by atoms with Gasteiger partial charge in [-0.3, -0.25) is 9.52 Å². The summed E-state index contributed by atoms with van der Waals surface area (Å²) in [5.41, 5.74) is 0.720. The Morgan fingerprint density at radius 3 is 2.24 bits per heavy atom. The molecule has 2 aromatic rings. The molecule has 0 aromatic heterocycles. The lowest BCUT2D eigenvalue weighted by Gasteiger charge is -2.07. The van der Waals surface area contributed by atoms with Crippen LogP contribution in [0.5, 0.6) is 0 Å². The molecule has 0 saturated heterocycles. The molecule has 0 saturated carbocycles. The molecule has 0 aliphatic carbocycles. The average molecular weight is 308 g/mol. The molecule has 21 heavy (non-hydrogen) atoms. The molecular weight excluding hydrogens is 295 g/mol. The Morgan fingerprint density at radius 2 is 1.67 bits per heavy atom. The van der Waals surface area contributed by atoms with Crippen LogP contribution in [0.2, 0.25) is 0 Å². The molecule has 0 fully saturated rings. The summed E-state index contributed by atoms with van der Waals surface area (Å²) in [6.07, 6.45) is 1.03. The first kappa shape index (κ1) is 15.0. The highest BCUT2D eigenvalue weighted by Crippen LogP contribution is 2.15. The van der Waals surface area contributed by atoms with Crippen LogP contribution in [-0.4, -0.2) is 20.6 Å². The largest absolute Gasteiger partial charge is 0.319 e. The summed E-state index contributed by atoms with van der Waals surface area (Å²) in [5, 5.41) is 2.44. The van der Waals surface area contributed by atoms with Crippen LogP contribution >= 0.6 is 0 Å². The summed E-state index contributed by atoms with van der Waals surface area (Å²) < 4.78 is 37.8. The molecule has 0 spiro atoms. The van der Waals surface area contributed by atoms with Gasteiger partial charge in [0, 0.05) is 11.3 Å². The Balaban J connectivity index is 2.12. The fourth-order valence-electron chi connectivity index (χ4n) is 1.66. The summed E-state index contributed by atoms with van der Waals surface area (Å²) in [5.74, 6) is -1.01. The van der Waals surface area contributed by atoms with Crippen LogP contribution in [0, 0.1) is 5.82 Å². The second kappa shape index (κ2) is 5.92. The lowest BCUT2D eigenvalue weighted by atomic mass is 10.2. The smallest absolute Gasteiger partial charge is 0.255 e. The van der Waals surface area contributed by atoms with Gasteiger partial charge < -0.3 is 5.32 Å². The quantitative estimate of drug-likeness (QED) is 0.911. The number of carbonyl (C=O) groups excluding carboxylic acids is 1. The summed E-state index contributed by atoms with van der Waals surface area (Å²) in [6, 6.07) is 11.6. The second-order valence-electron chi connectivity index (χ2n) is 4.39. The van der Waals surface area contributed by atoms with Gasteiger partial charge in [0.2, 0.25) is 10.0 Å². The van der Waals surface area contributed by atoms with Gasteiger partial charge in [-0.15, -0.1) is 0 Å². The fraction of sp³-hybridized carbons (Fsp3) is 0.0714. The number of anilines is 2.